The number of hydrogen-bond donors (Lipinski definition) is 1. The molecule has 0 spiro atoms. The lowest BCUT2D eigenvalue weighted by Gasteiger charge is -2.34. The summed E-state index contributed by atoms with van der Waals surface area (Å²) in [6.07, 6.45) is 1.05. The molecule has 1 unspecified atom stereocenters. The smallest absolute Gasteiger partial charge is 0.115 e. The first kappa shape index (κ1) is 15.0. The fraction of sp³-hybridized carbons (Fsp3) is 0.600. The molecule has 0 bridgehead atoms. The third-order valence-corrected chi connectivity index (χ3v) is 3.28. The summed E-state index contributed by atoms with van der Waals surface area (Å²) in [5.41, 5.74) is 1.25. The molecule has 1 aromatic rings. The van der Waals surface area contributed by atoms with Gasteiger partial charge < -0.3 is 9.84 Å². The molecule has 1 rings (SSSR count). The van der Waals surface area contributed by atoms with Gasteiger partial charge in [-0.15, -0.1) is 0 Å². The van der Waals surface area contributed by atoms with E-state index in [1.807, 2.05) is 12.1 Å². The minimum Gasteiger partial charge on any atom is -0.508 e. The van der Waals surface area contributed by atoms with Gasteiger partial charge in [-0.25, -0.2) is 0 Å². The van der Waals surface area contributed by atoms with Gasteiger partial charge in [0.25, 0.3) is 0 Å². The van der Waals surface area contributed by atoms with Crippen molar-refractivity contribution in [2.45, 2.75) is 39.3 Å². The summed E-state index contributed by atoms with van der Waals surface area (Å²) in [5, 5.41) is 9.37. The summed E-state index contributed by atoms with van der Waals surface area (Å²) in [5.74, 6) is 0.321. The van der Waals surface area contributed by atoms with Crippen LogP contribution in [-0.2, 0) is 4.74 Å². The molecular weight excluding hydrogens is 226 g/mol. The highest BCUT2D eigenvalue weighted by Gasteiger charge is 2.20. The normalized spacial score (nSPS) is 13.2. The molecule has 3 nitrogen and oxygen atoms in total. The molecule has 0 saturated carbocycles. The van der Waals surface area contributed by atoms with Gasteiger partial charge in [0.2, 0.25) is 0 Å². The van der Waals surface area contributed by atoms with Gasteiger partial charge in [0.05, 0.1) is 6.61 Å². The molecule has 0 fully saturated rings. The molecular formula is C15H25NO2. The van der Waals surface area contributed by atoms with E-state index in [9.17, 15) is 5.11 Å². The van der Waals surface area contributed by atoms with Gasteiger partial charge in [-0.3, -0.25) is 4.90 Å². The molecule has 1 aromatic carbocycles. The number of ether oxygens (including phenoxy) is 1. The molecule has 3 heteroatoms. The van der Waals surface area contributed by atoms with Crippen LogP contribution >= 0.6 is 0 Å². The Hall–Kier alpha value is -1.06. The van der Waals surface area contributed by atoms with Crippen LogP contribution in [0.4, 0.5) is 0 Å². The van der Waals surface area contributed by atoms with Crippen LogP contribution in [0.15, 0.2) is 24.3 Å². The van der Waals surface area contributed by atoms with Crippen molar-refractivity contribution >= 4 is 0 Å². The molecule has 0 heterocycles. The maximum Gasteiger partial charge on any atom is 0.115 e. The molecule has 0 aliphatic carbocycles. The van der Waals surface area contributed by atoms with Crippen LogP contribution < -0.4 is 0 Å². The third-order valence-electron chi connectivity index (χ3n) is 3.28. The van der Waals surface area contributed by atoms with Crippen molar-refractivity contribution < 1.29 is 9.84 Å². The zero-order valence-corrected chi connectivity index (χ0v) is 11.9. The minimum atomic E-state index is 0.321. The largest absolute Gasteiger partial charge is 0.508 e. The monoisotopic (exact) mass is 251 g/mol. The lowest BCUT2D eigenvalue weighted by Crippen LogP contribution is -2.37. The maximum absolute atomic E-state index is 9.37. The van der Waals surface area contributed by atoms with Crippen LogP contribution in [0.25, 0.3) is 0 Å². The molecule has 0 aliphatic rings. The van der Waals surface area contributed by atoms with Gasteiger partial charge in [0.15, 0.2) is 0 Å². The van der Waals surface area contributed by atoms with Crippen LogP contribution in [0, 0.1) is 0 Å². The van der Waals surface area contributed by atoms with Crippen molar-refractivity contribution in [3.8, 4) is 5.75 Å². The average Bonchev–Trinajstić information content (AvgIpc) is 2.35. The van der Waals surface area contributed by atoms with Gasteiger partial charge in [-0.05, 0) is 38.0 Å². The summed E-state index contributed by atoms with van der Waals surface area (Å²) in [6.45, 7) is 8.28. The van der Waals surface area contributed by atoms with E-state index in [0.29, 0.717) is 17.8 Å². The minimum absolute atomic E-state index is 0.321. The Morgan fingerprint density at radius 3 is 2.28 bits per heavy atom. The average molecular weight is 251 g/mol. The molecule has 1 N–H and O–H groups in total. The van der Waals surface area contributed by atoms with Crippen molar-refractivity contribution in [1.82, 2.24) is 4.90 Å². The highest BCUT2D eigenvalue weighted by Crippen LogP contribution is 2.27. The Balaban J connectivity index is 2.87. The predicted octanol–water partition coefficient (Wildman–Crippen LogP) is 3.20. The lowest BCUT2D eigenvalue weighted by molar-refractivity contribution is 0.0933. The second-order valence-electron chi connectivity index (χ2n) is 4.84. The first-order valence-corrected chi connectivity index (χ1v) is 6.63. The molecule has 102 valence electrons. The quantitative estimate of drug-likeness (QED) is 0.807. The van der Waals surface area contributed by atoms with Crippen molar-refractivity contribution in [2.24, 2.45) is 0 Å². The summed E-state index contributed by atoms with van der Waals surface area (Å²) in [7, 11) is 1.74. The number of benzene rings is 1. The second kappa shape index (κ2) is 7.39. The van der Waals surface area contributed by atoms with E-state index in [2.05, 4.69) is 25.7 Å². The number of rotatable bonds is 7. The molecule has 0 amide bonds. The number of phenols is 1. The molecule has 18 heavy (non-hydrogen) atoms. The SMILES string of the molecule is CCC(c1ccc(O)cc1)N(CCOC)C(C)C. The number of methoxy groups -OCH3 is 1. The van der Waals surface area contributed by atoms with Crippen LogP contribution in [-0.4, -0.2) is 36.3 Å². The van der Waals surface area contributed by atoms with Crippen molar-refractivity contribution in [3.63, 3.8) is 0 Å². The van der Waals surface area contributed by atoms with Gasteiger partial charge in [0.1, 0.15) is 5.75 Å². The van der Waals surface area contributed by atoms with E-state index >= 15 is 0 Å². The molecule has 1 atom stereocenters. The highest BCUT2D eigenvalue weighted by atomic mass is 16.5. The molecule has 0 saturated heterocycles. The summed E-state index contributed by atoms with van der Waals surface area (Å²) in [6, 6.07) is 8.37. The Morgan fingerprint density at radius 1 is 1.22 bits per heavy atom. The third kappa shape index (κ3) is 4.00. The van der Waals surface area contributed by atoms with Crippen LogP contribution in [0.1, 0.15) is 38.8 Å². The topological polar surface area (TPSA) is 32.7 Å². The summed E-state index contributed by atoms with van der Waals surface area (Å²) >= 11 is 0. The van der Waals surface area contributed by atoms with E-state index in [1.54, 1.807) is 19.2 Å². The molecule has 0 radical (unpaired) electrons. The van der Waals surface area contributed by atoms with Crippen molar-refractivity contribution in [2.75, 3.05) is 20.3 Å². The fourth-order valence-electron chi connectivity index (χ4n) is 2.33. The fourth-order valence-corrected chi connectivity index (χ4v) is 2.33. The van der Waals surface area contributed by atoms with Gasteiger partial charge >= 0.3 is 0 Å². The lowest BCUT2D eigenvalue weighted by atomic mass is 10.0. The Morgan fingerprint density at radius 2 is 1.83 bits per heavy atom. The predicted molar refractivity (Wildman–Crippen MR) is 74.9 cm³/mol. The van der Waals surface area contributed by atoms with E-state index < -0.39 is 0 Å². The van der Waals surface area contributed by atoms with Gasteiger partial charge in [-0.1, -0.05) is 19.1 Å². The maximum atomic E-state index is 9.37. The van der Waals surface area contributed by atoms with E-state index in [4.69, 9.17) is 4.74 Å². The highest BCUT2D eigenvalue weighted by molar-refractivity contribution is 5.28. The van der Waals surface area contributed by atoms with Crippen LogP contribution in [0.2, 0.25) is 0 Å². The molecule has 0 aromatic heterocycles. The second-order valence-corrected chi connectivity index (χ2v) is 4.84. The van der Waals surface area contributed by atoms with Crippen LogP contribution in [0.3, 0.4) is 0 Å². The van der Waals surface area contributed by atoms with E-state index in [-0.39, 0.29) is 0 Å². The summed E-state index contributed by atoms with van der Waals surface area (Å²) < 4.78 is 5.19. The van der Waals surface area contributed by atoms with Crippen molar-refractivity contribution in [3.05, 3.63) is 29.8 Å². The number of aromatic hydroxyl groups is 1. The van der Waals surface area contributed by atoms with Gasteiger partial charge in [-0.2, -0.15) is 0 Å². The Bertz CT molecular complexity index is 335. The first-order chi connectivity index (χ1) is 8.60. The zero-order valence-electron chi connectivity index (χ0n) is 11.9. The number of nitrogens with zero attached hydrogens (tertiary/aromatic N) is 1. The Kier molecular flexibility index (Phi) is 6.16. The van der Waals surface area contributed by atoms with Gasteiger partial charge in [0, 0.05) is 25.7 Å². The standard InChI is InChI=1S/C15H25NO2/c1-5-15(13-6-8-14(17)9-7-13)16(12(2)3)10-11-18-4/h6-9,12,15,17H,5,10-11H2,1-4H3. The van der Waals surface area contributed by atoms with Crippen molar-refractivity contribution in [1.29, 1.82) is 0 Å². The van der Waals surface area contributed by atoms with E-state index in [0.717, 1.165) is 19.6 Å². The first-order valence-electron chi connectivity index (χ1n) is 6.63. The van der Waals surface area contributed by atoms with Crippen LogP contribution in [0.5, 0.6) is 5.75 Å². The summed E-state index contributed by atoms with van der Waals surface area (Å²) in [4.78, 5) is 2.44. The zero-order chi connectivity index (χ0) is 13.5. The van der Waals surface area contributed by atoms with E-state index in [1.165, 1.54) is 5.56 Å². The number of phenolic OH excluding ortho intramolecular Hbond substituents is 1. The number of hydrogen-bond acceptors (Lipinski definition) is 3. The molecule has 0 aliphatic heterocycles. The Labute approximate surface area is 110 Å².